The first kappa shape index (κ1) is 13.9. The van der Waals surface area contributed by atoms with Crippen LogP contribution in [0.25, 0.3) is 0 Å². The van der Waals surface area contributed by atoms with E-state index in [0.29, 0.717) is 5.92 Å². The van der Waals surface area contributed by atoms with Crippen molar-refractivity contribution in [2.45, 2.75) is 40.5 Å². The molecule has 0 saturated carbocycles. The standard InChI is InChI=1S/C19H24/c1-13(2)12-14(3)19-16(5)15(4)17-10-8-6-7-9-11-18(17)19/h6-8,10,12,15H,5,9,11H2,1-4H3/b7-6-,10-8-,19-14+. The Morgan fingerprint density at radius 1 is 1.26 bits per heavy atom. The molecule has 0 aromatic heterocycles. The smallest absolute Gasteiger partial charge is 0.00642 e. The summed E-state index contributed by atoms with van der Waals surface area (Å²) in [6.45, 7) is 13.1. The van der Waals surface area contributed by atoms with E-state index in [4.69, 9.17) is 0 Å². The normalized spacial score (nSPS) is 28.4. The summed E-state index contributed by atoms with van der Waals surface area (Å²) in [6, 6.07) is 0. The highest BCUT2D eigenvalue weighted by molar-refractivity contribution is 5.64. The Balaban J connectivity index is 2.56. The van der Waals surface area contributed by atoms with Crippen LogP contribution in [0.4, 0.5) is 0 Å². The van der Waals surface area contributed by atoms with Crippen LogP contribution in [0.3, 0.4) is 0 Å². The summed E-state index contributed by atoms with van der Waals surface area (Å²) < 4.78 is 0. The van der Waals surface area contributed by atoms with Crippen molar-refractivity contribution in [1.29, 1.82) is 0 Å². The third kappa shape index (κ3) is 2.73. The first-order valence-electron chi connectivity index (χ1n) is 7.14. The maximum Gasteiger partial charge on any atom is 0.00642 e. The lowest BCUT2D eigenvalue weighted by Gasteiger charge is -2.11. The molecule has 0 saturated heterocycles. The lowest BCUT2D eigenvalue weighted by molar-refractivity contribution is 0.866. The molecule has 1 atom stereocenters. The summed E-state index contributed by atoms with van der Waals surface area (Å²) in [4.78, 5) is 0. The fourth-order valence-corrected chi connectivity index (χ4v) is 3.08. The van der Waals surface area contributed by atoms with Gasteiger partial charge in [0.1, 0.15) is 0 Å². The van der Waals surface area contributed by atoms with Crippen molar-refractivity contribution < 1.29 is 0 Å². The monoisotopic (exact) mass is 252 g/mol. The first-order valence-corrected chi connectivity index (χ1v) is 7.14. The van der Waals surface area contributed by atoms with Crippen LogP contribution in [0, 0.1) is 5.92 Å². The van der Waals surface area contributed by atoms with Crippen molar-refractivity contribution in [3.8, 4) is 0 Å². The molecule has 0 spiro atoms. The zero-order valence-electron chi connectivity index (χ0n) is 12.6. The molecule has 0 fully saturated rings. The molecule has 0 N–H and O–H groups in total. The van der Waals surface area contributed by atoms with E-state index in [1.807, 2.05) is 0 Å². The Morgan fingerprint density at radius 2 is 2.00 bits per heavy atom. The Hall–Kier alpha value is -1.56. The summed E-state index contributed by atoms with van der Waals surface area (Å²) in [5.74, 6) is 0.452. The summed E-state index contributed by atoms with van der Waals surface area (Å²) in [7, 11) is 0. The molecule has 0 aromatic carbocycles. The molecular weight excluding hydrogens is 228 g/mol. The van der Waals surface area contributed by atoms with Crippen molar-refractivity contribution in [1.82, 2.24) is 0 Å². The third-order valence-electron chi connectivity index (χ3n) is 3.94. The summed E-state index contributed by atoms with van der Waals surface area (Å²) >= 11 is 0. The Bertz CT molecular complexity index is 541. The first-order chi connectivity index (χ1) is 9.02. The van der Waals surface area contributed by atoms with E-state index in [-0.39, 0.29) is 0 Å². The van der Waals surface area contributed by atoms with Crippen LogP contribution in [0.2, 0.25) is 0 Å². The van der Waals surface area contributed by atoms with E-state index in [1.54, 1.807) is 0 Å². The predicted octanol–water partition coefficient (Wildman–Crippen LogP) is 5.68. The zero-order valence-corrected chi connectivity index (χ0v) is 12.6. The molecule has 0 radical (unpaired) electrons. The summed E-state index contributed by atoms with van der Waals surface area (Å²) in [6.07, 6.45) is 13.4. The molecule has 0 nitrogen and oxygen atoms in total. The van der Waals surface area contributed by atoms with Gasteiger partial charge in [0.2, 0.25) is 0 Å². The fourth-order valence-electron chi connectivity index (χ4n) is 3.08. The van der Waals surface area contributed by atoms with E-state index in [1.165, 1.54) is 33.4 Å². The highest BCUT2D eigenvalue weighted by atomic mass is 14.3. The van der Waals surface area contributed by atoms with Gasteiger partial charge in [0, 0.05) is 5.92 Å². The largest absolute Gasteiger partial charge is 0.0946 e. The number of hydrogen-bond acceptors (Lipinski definition) is 0. The van der Waals surface area contributed by atoms with Gasteiger partial charge in [-0.1, -0.05) is 49.5 Å². The molecule has 0 aliphatic heterocycles. The molecular formula is C19H24. The van der Waals surface area contributed by atoms with E-state index in [0.717, 1.165) is 12.8 Å². The number of hydrogen-bond donors (Lipinski definition) is 0. The van der Waals surface area contributed by atoms with Gasteiger partial charge in [0.15, 0.2) is 0 Å². The Kier molecular flexibility index (Phi) is 4.09. The van der Waals surface area contributed by atoms with Crippen LogP contribution < -0.4 is 0 Å². The van der Waals surface area contributed by atoms with Crippen LogP contribution in [0.1, 0.15) is 40.5 Å². The van der Waals surface area contributed by atoms with Crippen LogP contribution in [0.5, 0.6) is 0 Å². The quantitative estimate of drug-likeness (QED) is 0.563. The maximum atomic E-state index is 4.35. The Morgan fingerprint density at radius 3 is 2.68 bits per heavy atom. The van der Waals surface area contributed by atoms with E-state index >= 15 is 0 Å². The van der Waals surface area contributed by atoms with E-state index < -0.39 is 0 Å². The van der Waals surface area contributed by atoms with Gasteiger partial charge in [-0.2, -0.15) is 0 Å². The second kappa shape index (κ2) is 5.61. The van der Waals surface area contributed by atoms with Gasteiger partial charge in [-0.05, 0) is 61.5 Å². The second-order valence-electron chi connectivity index (χ2n) is 5.79. The van der Waals surface area contributed by atoms with Gasteiger partial charge in [0.05, 0.1) is 0 Å². The van der Waals surface area contributed by atoms with Crippen LogP contribution in [-0.2, 0) is 0 Å². The molecule has 0 heteroatoms. The van der Waals surface area contributed by atoms with Crippen molar-refractivity contribution in [2.75, 3.05) is 0 Å². The molecule has 2 rings (SSSR count). The zero-order chi connectivity index (χ0) is 14.0. The molecule has 0 aromatic rings. The predicted molar refractivity (Wildman–Crippen MR) is 85.0 cm³/mol. The molecule has 100 valence electrons. The molecule has 1 unspecified atom stereocenters. The van der Waals surface area contributed by atoms with Crippen molar-refractivity contribution >= 4 is 0 Å². The van der Waals surface area contributed by atoms with E-state index in [2.05, 4.69) is 64.7 Å². The minimum absolute atomic E-state index is 0.452. The van der Waals surface area contributed by atoms with Crippen LogP contribution in [0.15, 0.2) is 70.4 Å². The van der Waals surface area contributed by atoms with E-state index in [9.17, 15) is 0 Å². The molecule has 19 heavy (non-hydrogen) atoms. The van der Waals surface area contributed by atoms with Gasteiger partial charge >= 0.3 is 0 Å². The minimum atomic E-state index is 0.452. The average molecular weight is 252 g/mol. The molecule has 0 amide bonds. The van der Waals surface area contributed by atoms with Crippen molar-refractivity contribution in [2.24, 2.45) is 5.92 Å². The highest BCUT2D eigenvalue weighted by Crippen LogP contribution is 2.44. The highest BCUT2D eigenvalue weighted by Gasteiger charge is 2.28. The van der Waals surface area contributed by atoms with Gasteiger partial charge in [-0.15, -0.1) is 0 Å². The summed E-state index contributed by atoms with van der Waals surface area (Å²) in [5, 5.41) is 0. The molecule has 2 aliphatic rings. The second-order valence-corrected chi connectivity index (χ2v) is 5.79. The van der Waals surface area contributed by atoms with Gasteiger partial charge in [-0.3, -0.25) is 0 Å². The lowest BCUT2D eigenvalue weighted by Crippen LogP contribution is -1.94. The number of allylic oxidation sites excluding steroid dienone is 11. The van der Waals surface area contributed by atoms with Crippen LogP contribution in [-0.4, -0.2) is 0 Å². The molecule has 2 aliphatic carbocycles. The Labute approximate surface area is 117 Å². The van der Waals surface area contributed by atoms with Gasteiger partial charge in [-0.25, -0.2) is 0 Å². The van der Waals surface area contributed by atoms with Crippen molar-refractivity contribution in [3.63, 3.8) is 0 Å². The topological polar surface area (TPSA) is 0 Å². The lowest BCUT2D eigenvalue weighted by atomic mass is 9.94. The average Bonchev–Trinajstić information content (AvgIpc) is 2.51. The SMILES string of the molecule is C=C1/C(=C(/C)C=C(C)C)C2=C(/C=C\C=C/CC2)C1C. The van der Waals surface area contributed by atoms with Crippen LogP contribution >= 0.6 is 0 Å². The minimum Gasteiger partial charge on any atom is -0.0946 e. The fraction of sp³-hybridized carbons (Fsp3) is 0.368. The molecule has 0 bridgehead atoms. The maximum absolute atomic E-state index is 4.35. The third-order valence-corrected chi connectivity index (χ3v) is 3.94. The summed E-state index contributed by atoms with van der Waals surface area (Å²) in [5.41, 5.74) is 8.37. The molecule has 0 heterocycles. The number of rotatable bonds is 1. The van der Waals surface area contributed by atoms with Gasteiger partial charge in [0.25, 0.3) is 0 Å². The van der Waals surface area contributed by atoms with Crippen molar-refractivity contribution in [3.05, 3.63) is 70.4 Å². The van der Waals surface area contributed by atoms with Gasteiger partial charge < -0.3 is 0 Å².